The van der Waals surface area contributed by atoms with E-state index in [1.807, 2.05) is 65.6 Å². The number of urea groups is 1. The van der Waals surface area contributed by atoms with Crippen molar-refractivity contribution in [2.75, 3.05) is 12.0 Å². The predicted molar refractivity (Wildman–Crippen MR) is 222 cm³/mol. The summed E-state index contributed by atoms with van der Waals surface area (Å²) < 4.78 is 11.4. The number of anilines is 1. The van der Waals surface area contributed by atoms with Gasteiger partial charge in [0.2, 0.25) is 11.8 Å². The first-order valence-corrected chi connectivity index (χ1v) is 20.2. The molecule has 3 aliphatic heterocycles. The van der Waals surface area contributed by atoms with Crippen molar-refractivity contribution in [1.29, 1.82) is 0 Å². The molecule has 7 atom stereocenters. The van der Waals surface area contributed by atoms with Crippen molar-refractivity contribution < 1.29 is 38.6 Å². The number of phenolic OH excluding ortho intramolecular Hbond substituents is 1. The molecular weight excluding hydrogens is 761 g/mol. The molecule has 2 saturated heterocycles. The molecular formula is C48H46N4O8. The smallest absolute Gasteiger partial charge is 0.329 e. The van der Waals surface area contributed by atoms with Gasteiger partial charge in [0.05, 0.1) is 30.8 Å². The minimum absolute atomic E-state index is 0.0510. The minimum atomic E-state index is -2.06. The molecule has 4 N–H and O–H groups in total. The standard InChI is InChI=1S/C48H46N4O8/c1-28(2)38(44(55)59-3)50-47(58)51-36-26-21-30(20-19-29-13-7-4-8-14-29)27-35(36)48(46(51)57)37(43(49)54)40-45(56)60-41(32-17-11-6-12-18-32)39(31-15-9-5-10-16-31)52(40)42(48)33-22-24-34(53)25-23-33/h5-6,9-13,15-18,21-28,37-42,53H,4,7-8,14H2,1-3H3,(H2,49,54)(H,50,58). The predicted octanol–water partition coefficient (Wildman–Crippen LogP) is 6.30. The van der Waals surface area contributed by atoms with Gasteiger partial charge in [0, 0.05) is 5.56 Å². The summed E-state index contributed by atoms with van der Waals surface area (Å²) in [5.41, 5.74) is 8.13. The topological polar surface area (TPSA) is 169 Å². The number of carbonyl (C=O) groups excluding carboxylic acids is 5. The van der Waals surface area contributed by atoms with E-state index in [4.69, 9.17) is 15.2 Å². The van der Waals surface area contributed by atoms with Crippen LogP contribution in [0.4, 0.5) is 10.5 Å². The number of carbonyl (C=O) groups is 5. The first kappa shape index (κ1) is 40.1. The maximum atomic E-state index is 16.0. The van der Waals surface area contributed by atoms with E-state index in [0.29, 0.717) is 16.7 Å². The second-order valence-electron chi connectivity index (χ2n) is 16.1. The van der Waals surface area contributed by atoms with Crippen LogP contribution in [0.1, 0.15) is 85.5 Å². The highest BCUT2D eigenvalue weighted by atomic mass is 16.6. The molecule has 1 aliphatic carbocycles. The van der Waals surface area contributed by atoms with E-state index in [0.717, 1.165) is 41.7 Å². The number of imide groups is 1. The highest BCUT2D eigenvalue weighted by molar-refractivity contribution is 6.25. The Morgan fingerprint density at radius 2 is 1.57 bits per heavy atom. The molecule has 4 aliphatic rings. The molecule has 8 rings (SSSR count). The fourth-order valence-corrected chi connectivity index (χ4v) is 9.60. The van der Waals surface area contributed by atoms with Crippen LogP contribution < -0.4 is 16.0 Å². The van der Waals surface area contributed by atoms with Crippen LogP contribution in [-0.4, -0.2) is 59.0 Å². The molecule has 0 aromatic heterocycles. The van der Waals surface area contributed by atoms with Gasteiger partial charge in [-0.2, -0.15) is 0 Å². The first-order chi connectivity index (χ1) is 29.0. The number of hydrogen-bond acceptors (Lipinski definition) is 9. The van der Waals surface area contributed by atoms with E-state index >= 15 is 4.79 Å². The van der Waals surface area contributed by atoms with Gasteiger partial charge in [0.15, 0.2) is 0 Å². The highest BCUT2D eigenvalue weighted by Crippen LogP contribution is 2.65. The van der Waals surface area contributed by atoms with Crippen LogP contribution in [-0.2, 0) is 34.1 Å². The molecule has 4 aromatic carbocycles. The Hall–Kier alpha value is -6.71. The molecule has 7 unspecified atom stereocenters. The molecule has 1 spiro atoms. The zero-order chi connectivity index (χ0) is 42.3. The van der Waals surface area contributed by atoms with Crippen LogP contribution in [0, 0.1) is 23.7 Å². The number of nitrogens with two attached hydrogens (primary N) is 1. The average molecular weight is 807 g/mol. The second kappa shape index (κ2) is 16.2. The third-order valence-corrected chi connectivity index (χ3v) is 12.2. The van der Waals surface area contributed by atoms with E-state index in [1.54, 1.807) is 44.2 Å². The summed E-state index contributed by atoms with van der Waals surface area (Å²) >= 11 is 0. The van der Waals surface area contributed by atoms with Gasteiger partial charge < -0.3 is 25.6 Å². The lowest BCUT2D eigenvalue weighted by atomic mass is 9.65. The van der Waals surface area contributed by atoms with E-state index in [9.17, 15) is 24.3 Å². The van der Waals surface area contributed by atoms with Gasteiger partial charge >= 0.3 is 18.0 Å². The van der Waals surface area contributed by atoms with Gasteiger partial charge in [-0.25, -0.2) is 14.5 Å². The zero-order valence-electron chi connectivity index (χ0n) is 33.5. The van der Waals surface area contributed by atoms with Crippen molar-refractivity contribution in [1.82, 2.24) is 10.2 Å². The Balaban J connectivity index is 1.42. The summed E-state index contributed by atoms with van der Waals surface area (Å²) in [6.45, 7) is 3.46. The number of benzene rings is 4. The van der Waals surface area contributed by atoms with Crippen molar-refractivity contribution >= 4 is 35.5 Å². The number of nitrogens with one attached hydrogen (secondary N) is 1. The fourth-order valence-electron chi connectivity index (χ4n) is 9.60. The van der Waals surface area contributed by atoms with Gasteiger partial charge in [-0.1, -0.05) is 105 Å². The van der Waals surface area contributed by atoms with Crippen molar-refractivity contribution in [3.05, 3.63) is 143 Å². The molecule has 3 heterocycles. The zero-order valence-corrected chi connectivity index (χ0v) is 33.5. The number of phenols is 1. The highest BCUT2D eigenvalue weighted by Gasteiger charge is 2.75. The number of esters is 2. The number of methoxy groups -OCH3 is 1. The lowest BCUT2D eigenvalue weighted by Crippen LogP contribution is -2.57. The SMILES string of the molecule is COC(=O)C(NC(=O)N1C(=O)C2(c3cc(C#CC4=CCCCC4)ccc31)C(C(N)=O)C1C(=O)OC(c3ccccc3)C(c3ccccc3)N1C2c1ccc(O)cc1)C(C)C. The number of rotatable bonds is 7. The van der Waals surface area contributed by atoms with E-state index in [-0.39, 0.29) is 17.0 Å². The third kappa shape index (κ3) is 6.69. The summed E-state index contributed by atoms with van der Waals surface area (Å²) in [6, 6.07) is 24.4. The summed E-state index contributed by atoms with van der Waals surface area (Å²) in [5.74, 6) is 1.17. The molecule has 0 saturated carbocycles. The molecule has 4 amide bonds. The number of nitrogens with zero attached hydrogens (tertiary/aromatic N) is 2. The number of cyclic esters (lactones) is 1. The fraction of sp³-hybridized carbons (Fsp3) is 0.312. The summed E-state index contributed by atoms with van der Waals surface area (Å²) in [6.07, 6.45) is 5.06. The molecule has 306 valence electrons. The summed E-state index contributed by atoms with van der Waals surface area (Å²) in [5, 5.41) is 13.3. The number of allylic oxidation sites excluding steroid dienone is 2. The lowest BCUT2D eigenvalue weighted by molar-refractivity contribution is -0.178. The summed E-state index contributed by atoms with van der Waals surface area (Å²) in [7, 11) is 1.21. The van der Waals surface area contributed by atoms with Gasteiger partial charge in [-0.3, -0.25) is 19.3 Å². The lowest BCUT2D eigenvalue weighted by Gasteiger charge is -2.46. The Bertz CT molecular complexity index is 2440. The van der Waals surface area contributed by atoms with Crippen LogP contribution >= 0.6 is 0 Å². The Morgan fingerprint density at radius 1 is 0.883 bits per heavy atom. The largest absolute Gasteiger partial charge is 0.508 e. The number of amides is 4. The third-order valence-electron chi connectivity index (χ3n) is 12.2. The maximum absolute atomic E-state index is 16.0. The van der Waals surface area contributed by atoms with Crippen molar-refractivity contribution in [2.24, 2.45) is 17.6 Å². The van der Waals surface area contributed by atoms with Crippen molar-refractivity contribution in [2.45, 2.75) is 75.2 Å². The molecule has 0 radical (unpaired) electrons. The number of fused-ring (bicyclic) bond motifs is 3. The molecule has 4 aromatic rings. The van der Waals surface area contributed by atoms with Gasteiger partial charge in [0.25, 0.3) is 0 Å². The number of aromatic hydroxyl groups is 1. The second-order valence-corrected chi connectivity index (χ2v) is 16.1. The average Bonchev–Trinajstić information content (AvgIpc) is 3.72. The van der Waals surface area contributed by atoms with Gasteiger partial charge in [-0.15, -0.1) is 0 Å². The van der Waals surface area contributed by atoms with Gasteiger partial charge in [-0.05, 0) is 89.8 Å². The number of morpholine rings is 1. The Labute approximate surface area is 348 Å². The van der Waals surface area contributed by atoms with Crippen LogP contribution in [0.3, 0.4) is 0 Å². The molecule has 60 heavy (non-hydrogen) atoms. The minimum Gasteiger partial charge on any atom is -0.508 e. The van der Waals surface area contributed by atoms with E-state index < -0.39 is 77.3 Å². The monoisotopic (exact) mass is 806 g/mol. The first-order valence-electron chi connectivity index (χ1n) is 20.2. The van der Waals surface area contributed by atoms with Crippen LogP contribution in [0.25, 0.3) is 0 Å². The number of ether oxygens (including phenoxy) is 2. The van der Waals surface area contributed by atoms with E-state index in [2.05, 4.69) is 23.2 Å². The van der Waals surface area contributed by atoms with Crippen LogP contribution in [0.5, 0.6) is 5.75 Å². The molecule has 12 heteroatoms. The number of hydrogen-bond donors (Lipinski definition) is 3. The summed E-state index contributed by atoms with van der Waals surface area (Å²) in [4.78, 5) is 75.7. The van der Waals surface area contributed by atoms with Crippen LogP contribution in [0.15, 0.2) is 115 Å². The molecule has 0 bridgehead atoms. The number of primary amides is 1. The van der Waals surface area contributed by atoms with Crippen LogP contribution in [0.2, 0.25) is 0 Å². The normalized spacial score (nSPS) is 25.0. The van der Waals surface area contributed by atoms with Gasteiger partial charge in [0.1, 0.15) is 29.4 Å². The Morgan fingerprint density at radius 3 is 2.18 bits per heavy atom. The molecule has 12 nitrogen and oxygen atoms in total. The molecule has 2 fully saturated rings. The quantitative estimate of drug-likeness (QED) is 0.143. The Kier molecular flexibility index (Phi) is 10.8. The van der Waals surface area contributed by atoms with Crippen molar-refractivity contribution in [3.8, 4) is 17.6 Å². The van der Waals surface area contributed by atoms with Crippen molar-refractivity contribution in [3.63, 3.8) is 0 Å². The van der Waals surface area contributed by atoms with E-state index in [1.165, 1.54) is 19.2 Å². The maximum Gasteiger partial charge on any atom is 0.329 e.